The first kappa shape index (κ1) is 11.8. The number of rotatable bonds is 5. The van der Waals surface area contributed by atoms with Gasteiger partial charge in [-0.25, -0.2) is 0 Å². The van der Waals surface area contributed by atoms with Crippen molar-refractivity contribution in [3.8, 4) is 5.75 Å². The number of carbonyl (C=O) groups is 1. The molecule has 0 heterocycles. The minimum atomic E-state index is 0.0979. The summed E-state index contributed by atoms with van der Waals surface area (Å²) in [6, 6.07) is 6.05. The third-order valence-electron chi connectivity index (χ3n) is 2.70. The quantitative estimate of drug-likeness (QED) is 0.692. The Balaban J connectivity index is 2.93. The third kappa shape index (κ3) is 2.82. The van der Waals surface area contributed by atoms with Crippen LogP contribution in [0.15, 0.2) is 18.2 Å². The van der Waals surface area contributed by atoms with Crippen LogP contribution in [0.5, 0.6) is 5.75 Å². The standard InChI is InChI=1S/C13H18O2/c1-4-11(9-14)8-12-7-5-6-10(2)13(12)15-3/h5-7,9,11H,4,8H2,1-3H3. The van der Waals surface area contributed by atoms with E-state index in [-0.39, 0.29) is 5.92 Å². The second kappa shape index (κ2) is 5.54. The molecule has 0 spiro atoms. The van der Waals surface area contributed by atoms with Gasteiger partial charge in [-0.1, -0.05) is 25.1 Å². The van der Waals surface area contributed by atoms with Crippen molar-refractivity contribution in [3.63, 3.8) is 0 Å². The van der Waals surface area contributed by atoms with Crippen molar-refractivity contribution in [1.82, 2.24) is 0 Å². The molecule has 1 aromatic carbocycles. The predicted octanol–water partition coefficient (Wildman–Crippen LogP) is 2.77. The summed E-state index contributed by atoms with van der Waals surface area (Å²) in [6.45, 7) is 4.05. The number of para-hydroxylation sites is 1. The molecule has 15 heavy (non-hydrogen) atoms. The van der Waals surface area contributed by atoms with Crippen LogP contribution in [-0.4, -0.2) is 13.4 Å². The number of methoxy groups -OCH3 is 1. The lowest BCUT2D eigenvalue weighted by molar-refractivity contribution is -0.111. The molecule has 0 N–H and O–H groups in total. The molecule has 0 saturated heterocycles. The first-order chi connectivity index (χ1) is 7.22. The van der Waals surface area contributed by atoms with Crippen LogP contribution in [0.1, 0.15) is 24.5 Å². The number of carbonyl (C=O) groups excluding carboxylic acids is 1. The van der Waals surface area contributed by atoms with E-state index in [2.05, 4.69) is 0 Å². The third-order valence-corrected chi connectivity index (χ3v) is 2.70. The van der Waals surface area contributed by atoms with E-state index in [0.29, 0.717) is 0 Å². The Kier molecular flexibility index (Phi) is 4.35. The van der Waals surface area contributed by atoms with Gasteiger partial charge in [0.1, 0.15) is 12.0 Å². The molecule has 2 nitrogen and oxygen atoms in total. The fraction of sp³-hybridized carbons (Fsp3) is 0.462. The van der Waals surface area contributed by atoms with Crippen LogP contribution < -0.4 is 4.74 Å². The van der Waals surface area contributed by atoms with E-state index in [9.17, 15) is 4.79 Å². The van der Waals surface area contributed by atoms with Crippen molar-refractivity contribution in [2.45, 2.75) is 26.7 Å². The topological polar surface area (TPSA) is 26.3 Å². The highest BCUT2D eigenvalue weighted by Gasteiger charge is 2.11. The Hall–Kier alpha value is -1.31. The fourth-order valence-corrected chi connectivity index (χ4v) is 1.74. The number of hydrogen-bond acceptors (Lipinski definition) is 2. The van der Waals surface area contributed by atoms with Crippen LogP contribution in [0.25, 0.3) is 0 Å². The second-order valence-corrected chi connectivity index (χ2v) is 3.78. The van der Waals surface area contributed by atoms with Crippen molar-refractivity contribution < 1.29 is 9.53 Å². The minimum Gasteiger partial charge on any atom is -0.496 e. The summed E-state index contributed by atoms with van der Waals surface area (Å²) < 4.78 is 5.35. The summed E-state index contributed by atoms with van der Waals surface area (Å²) in [6.07, 6.45) is 2.67. The maximum Gasteiger partial charge on any atom is 0.124 e. The number of aldehydes is 1. The number of benzene rings is 1. The highest BCUT2D eigenvalue weighted by Crippen LogP contribution is 2.25. The van der Waals surface area contributed by atoms with Crippen molar-refractivity contribution in [2.24, 2.45) is 5.92 Å². The van der Waals surface area contributed by atoms with E-state index < -0.39 is 0 Å². The lowest BCUT2D eigenvalue weighted by atomic mass is 9.96. The van der Waals surface area contributed by atoms with Crippen molar-refractivity contribution >= 4 is 6.29 Å². The highest BCUT2D eigenvalue weighted by molar-refractivity contribution is 5.55. The van der Waals surface area contributed by atoms with Crippen LogP contribution in [0, 0.1) is 12.8 Å². The Morgan fingerprint density at radius 2 is 2.20 bits per heavy atom. The maximum atomic E-state index is 10.8. The summed E-state index contributed by atoms with van der Waals surface area (Å²) in [4.78, 5) is 10.8. The van der Waals surface area contributed by atoms with Gasteiger partial charge >= 0.3 is 0 Å². The smallest absolute Gasteiger partial charge is 0.124 e. The molecule has 0 aliphatic carbocycles. The maximum absolute atomic E-state index is 10.8. The van der Waals surface area contributed by atoms with Gasteiger partial charge in [0.25, 0.3) is 0 Å². The molecule has 1 atom stereocenters. The Labute approximate surface area is 91.3 Å². The van der Waals surface area contributed by atoms with Crippen molar-refractivity contribution in [1.29, 1.82) is 0 Å². The number of hydrogen-bond donors (Lipinski definition) is 0. The van der Waals surface area contributed by atoms with Gasteiger partial charge in [0.05, 0.1) is 7.11 Å². The molecule has 0 aliphatic heterocycles. The van der Waals surface area contributed by atoms with Crippen LogP contribution in [0.3, 0.4) is 0 Å². The van der Waals surface area contributed by atoms with Gasteiger partial charge in [-0.2, -0.15) is 0 Å². The molecule has 1 aromatic rings. The van der Waals surface area contributed by atoms with Crippen LogP contribution in [0.4, 0.5) is 0 Å². The average molecular weight is 206 g/mol. The monoisotopic (exact) mass is 206 g/mol. The van der Waals surface area contributed by atoms with Gasteiger partial charge in [0.15, 0.2) is 0 Å². The summed E-state index contributed by atoms with van der Waals surface area (Å²) in [5, 5.41) is 0. The van der Waals surface area contributed by atoms with Crippen LogP contribution >= 0.6 is 0 Å². The fourth-order valence-electron chi connectivity index (χ4n) is 1.74. The number of aryl methyl sites for hydroxylation is 1. The average Bonchev–Trinajstić information content (AvgIpc) is 2.26. The zero-order chi connectivity index (χ0) is 11.3. The van der Waals surface area contributed by atoms with Crippen molar-refractivity contribution in [2.75, 3.05) is 7.11 Å². The SMILES string of the molecule is CCC(C=O)Cc1cccc(C)c1OC. The van der Waals surface area contributed by atoms with Crippen LogP contribution in [0.2, 0.25) is 0 Å². The molecule has 0 aromatic heterocycles. The van der Waals surface area contributed by atoms with Gasteiger partial charge in [0, 0.05) is 5.92 Å². The van der Waals surface area contributed by atoms with E-state index in [0.717, 1.165) is 36.0 Å². The van der Waals surface area contributed by atoms with Crippen molar-refractivity contribution in [3.05, 3.63) is 29.3 Å². The normalized spacial score (nSPS) is 12.2. The highest BCUT2D eigenvalue weighted by atomic mass is 16.5. The van der Waals surface area contributed by atoms with Gasteiger partial charge in [-0.3, -0.25) is 0 Å². The minimum absolute atomic E-state index is 0.0979. The van der Waals surface area contributed by atoms with Gasteiger partial charge in [-0.15, -0.1) is 0 Å². The Bertz CT molecular complexity index is 331. The van der Waals surface area contributed by atoms with E-state index in [1.54, 1.807) is 7.11 Å². The van der Waals surface area contributed by atoms with E-state index in [1.807, 2.05) is 32.0 Å². The molecule has 1 rings (SSSR count). The zero-order valence-electron chi connectivity index (χ0n) is 9.62. The molecule has 0 aliphatic rings. The van der Waals surface area contributed by atoms with E-state index >= 15 is 0 Å². The molecular weight excluding hydrogens is 188 g/mol. The predicted molar refractivity (Wildman–Crippen MR) is 61.3 cm³/mol. The molecule has 82 valence electrons. The summed E-state index contributed by atoms with van der Waals surface area (Å²) in [7, 11) is 1.67. The summed E-state index contributed by atoms with van der Waals surface area (Å²) in [5.74, 6) is 1.01. The molecule has 1 unspecified atom stereocenters. The summed E-state index contributed by atoms with van der Waals surface area (Å²) in [5.41, 5.74) is 2.24. The molecule has 0 bridgehead atoms. The van der Waals surface area contributed by atoms with Crippen LogP contribution in [-0.2, 0) is 11.2 Å². The molecule has 0 saturated carbocycles. The van der Waals surface area contributed by atoms with Gasteiger partial charge in [0.2, 0.25) is 0 Å². The first-order valence-corrected chi connectivity index (χ1v) is 5.30. The van der Waals surface area contributed by atoms with E-state index in [1.165, 1.54) is 0 Å². The van der Waals surface area contributed by atoms with E-state index in [4.69, 9.17) is 4.74 Å². The first-order valence-electron chi connectivity index (χ1n) is 5.30. The zero-order valence-corrected chi connectivity index (χ0v) is 9.62. The van der Waals surface area contributed by atoms with Gasteiger partial charge in [-0.05, 0) is 30.9 Å². The largest absolute Gasteiger partial charge is 0.496 e. The summed E-state index contributed by atoms with van der Waals surface area (Å²) >= 11 is 0. The second-order valence-electron chi connectivity index (χ2n) is 3.78. The Morgan fingerprint density at radius 1 is 1.47 bits per heavy atom. The molecule has 0 radical (unpaired) electrons. The number of ether oxygens (including phenoxy) is 1. The molecular formula is C13H18O2. The lowest BCUT2D eigenvalue weighted by Crippen LogP contribution is -2.06. The molecule has 2 heteroatoms. The lowest BCUT2D eigenvalue weighted by Gasteiger charge is -2.13. The van der Waals surface area contributed by atoms with Gasteiger partial charge < -0.3 is 9.53 Å². The molecule has 0 amide bonds. The molecule has 0 fully saturated rings. The Morgan fingerprint density at radius 3 is 2.73 bits per heavy atom.